The monoisotopic (exact) mass is 153 g/mol. The molecular weight excluding hydrogens is 142 g/mol. The van der Waals surface area contributed by atoms with Crippen LogP contribution in [0.25, 0.3) is 0 Å². The zero-order valence-corrected chi connectivity index (χ0v) is 6.70. The highest BCUT2D eigenvalue weighted by Gasteiger charge is 2.04. The molecule has 0 atom stereocenters. The van der Waals surface area contributed by atoms with Crippen LogP contribution >= 0.6 is 0 Å². The van der Waals surface area contributed by atoms with Gasteiger partial charge in [0.15, 0.2) is 6.29 Å². The summed E-state index contributed by atoms with van der Waals surface area (Å²) < 4.78 is 4.89. The van der Waals surface area contributed by atoms with E-state index in [1.165, 1.54) is 0 Å². The van der Waals surface area contributed by atoms with Crippen molar-refractivity contribution >= 4 is 6.29 Å². The maximum atomic E-state index is 10.2. The van der Waals surface area contributed by atoms with Crippen molar-refractivity contribution in [3.8, 4) is 0 Å². The summed E-state index contributed by atoms with van der Waals surface area (Å²) in [5.41, 5.74) is 0.376. The van der Waals surface area contributed by atoms with Crippen molar-refractivity contribution in [3.05, 3.63) is 17.5 Å². The van der Waals surface area contributed by atoms with Crippen LogP contribution in [0.15, 0.2) is 10.6 Å². The zero-order chi connectivity index (χ0) is 8.27. The summed E-state index contributed by atoms with van der Waals surface area (Å²) in [6, 6.07) is 1.67. The third-order valence-corrected chi connectivity index (χ3v) is 1.31. The number of hydrogen-bond acceptors (Lipinski definition) is 3. The Labute approximate surface area is 65.4 Å². The molecule has 60 valence electrons. The Kier molecular flexibility index (Phi) is 2.41. The van der Waals surface area contributed by atoms with E-state index >= 15 is 0 Å². The standard InChI is InChI=1S/C8H11NO2/c1-6(2)3-8-4-7(5-10)9-11-8/h4-6H,3H2,1-2H3. The molecule has 0 aliphatic rings. The first-order chi connectivity index (χ1) is 5.22. The SMILES string of the molecule is CC(C)Cc1cc(C=O)no1. The van der Waals surface area contributed by atoms with Crippen LogP contribution in [0.1, 0.15) is 30.1 Å². The van der Waals surface area contributed by atoms with Crippen LogP contribution in [-0.4, -0.2) is 11.4 Å². The molecule has 0 N–H and O–H groups in total. The second-order valence-corrected chi connectivity index (χ2v) is 2.93. The van der Waals surface area contributed by atoms with Gasteiger partial charge in [-0.25, -0.2) is 0 Å². The molecule has 0 bridgehead atoms. The lowest BCUT2D eigenvalue weighted by atomic mass is 10.1. The summed E-state index contributed by atoms with van der Waals surface area (Å²) in [6.07, 6.45) is 1.52. The molecule has 0 radical (unpaired) electrons. The average molecular weight is 153 g/mol. The summed E-state index contributed by atoms with van der Waals surface area (Å²) in [5.74, 6) is 1.31. The Hall–Kier alpha value is -1.12. The van der Waals surface area contributed by atoms with Gasteiger partial charge in [-0.1, -0.05) is 19.0 Å². The van der Waals surface area contributed by atoms with Crippen molar-refractivity contribution in [3.63, 3.8) is 0 Å². The topological polar surface area (TPSA) is 43.1 Å². The van der Waals surface area contributed by atoms with Gasteiger partial charge in [0.05, 0.1) is 0 Å². The molecule has 1 heterocycles. The van der Waals surface area contributed by atoms with Gasteiger partial charge in [-0.05, 0) is 5.92 Å². The van der Waals surface area contributed by atoms with E-state index in [-0.39, 0.29) is 0 Å². The second-order valence-electron chi connectivity index (χ2n) is 2.93. The van der Waals surface area contributed by atoms with E-state index in [1.807, 2.05) is 0 Å². The first-order valence-electron chi connectivity index (χ1n) is 3.63. The van der Waals surface area contributed by atoms with E-state index in [1.54, 1.807) is 6.07 Å². The van der Waals surface area contributed by atoms with Gasteiger partial charge in [-0.2, -0.15) is 0 Å². The molecule has 0 unspecified atom stereocenters. The molecule has 0 saturated heterocycles. The van der Waals surface area contributed by atoms with Crippen molar-refractivity contribution in [2.45, 2.75) is 20.3 Å². The highest BCUT2D eigenvalue weighted by molar-refractivity contribution is 5.71. The number of nitrogens with zero attached hydrogens (tertiary/aromatic N) is 1. The lowest BCUT2D eigenvalue weighted by Gasteiger charge is -1.96. The molecule has 1 aromatic rings. The summed E-state index contributed by atoms with van der Waals surface area (Å²) in [6.45, 7) is 4.17. The first kappa shape index (κ1) is 7.98. The van der Waals surface area contributed by atoms with Crippen molar-refractivity contribution in [1.29, 1.82) is 0 Å². The number of carbonyl (C=O) groups excluding carboxylic acids is 1. The number of hydrogen-bond donors (Lipinski definition) is 0. The molecule has 3 nitrogen and oxygen atoms in total. The fraction of sp³-hybridized carbons (Fsp3) is 0.500. The Morgan fingerprint density at radius 1 is 1.73 bits per heavy atom. The molecule has 0 saturated carbocycles. The third kappa shape index (κ3) is 2.18. The molecule has 0 amide bonds. The van der Waals surface area contributed by atoms with Crippen LogP contribution in [0.2, 0.25) is 0 Å². The van der Waals surface area contributed by atoms with Crippen LogP contribution in [0.5, 0.6) is 0 Å². The van der Waals surface area contributed by atoms with Gasteiger partial charge < -0.3 is 4.52 Å². The molecule has 0 aliphatic heterocycles. The van der Waals surface area contributed by atoms with Crippen molar-refractivity contribution in [2.75, 3.05) is 0 Å². The van der Waals surface area contributed by atoms with Gasteiger partial charge >= 0.3 is 0 Å². The van der Waals surface area contributed by atoms with E-state index in [4.69, 9.17) is 4.52 Å². The Morgan fingerprint density at radius 3 is 2.91 bits per heavy atom. The highest BCUT2D eigenvalue weighted by Crippen LogP contribution is 2.07. The van der Waals surface area contributed by atoms with E-state index in [2.05, 4.69) is 19.0 Å². The molecule has 11 heavy (non-hydrogen) atoms. The van der Waals surface area contributed by atoms with E-state index < -0.39 is 0 Å². The van der Waals surface area contributed by atoms with Crippen LogP contribution in [0.3, 0.4) is 0 Å². The molecule has 1 rings (SSSR count). The van der Waals surface area contributed by atoms with Gasteiger partial charge in [0.1, 0.15) is 11.5 Å². The Morgan fingerprint density at radius 2 is 2.45 bits per heavy atom. The van der Waals surface area contributed by atoms with Crippen LogP contribution in [-0.2, 0) is 6.42 Å². The average Bonchev–Trinajstić information content (AvgIpc) is 2.34. The number of aromatic nitrogens is 1. The minimum Gasteiger partial charge on any atom is -0.361 e. The van der Waals surface area contributed by atoms with Crippen LogP contribution in [0.4, 0.5) is 0 Å². The first-order valence-corrected chi connectivity index (χ1v) is 3.63. The van der Waals surface area contributed by atoms with Crippen molar-refractivity contribution < 1.29 is 9.32 Å². The van der Waals surface area contributed by atoms with E-state index in [0.29, 0.717) is 17.9 Å². The quantitative estimate of drug-likeness (QED) is 0.620. The lowest BCUT2D eigenvalue weighted by molar-refractivity contribution is 0.111. The lowest BCUT2D eigenvalue weighted by Crippen LogP contribution is -1.90. The molecular formula is C8H11NO2. The smallest absolute Gasteiger partial charge is 0.171 e. The fourth-order valence-corrected chi connectivity index (χ4v) is 0.883. The Bertz CT molecular complexity index is 240. The third-order valence-electron chi connectivity index (χ3n) is 1.31. The second kappa shape index (κ2) is 3.32. The van der Waals surface area contributed by atoms with Gasteiger partial charge in [0.25, 0.3) is 0 Å². The number of carbonyl (C=O) groups is 1. The summed E-state index contributed by atoms with van der Waals surface area (Å²) in [4.78, 5) is 10.2. The van der Waals surface area contributed by atoms with Crippen molar-refractivity contribution in [2.24, 2.45) is 5.92 Å². The van der Waals surface area contributed by atoms with Crippen LogP contribution < -0.4 is 0 Å². The molecule has 1 aromatic heterocycles. The Balaban J connectivity index is 2.65. The van der Waals surface area contributed by atoms with Gasteiger partial charge in [0, 0.05) is 12.5 Å². The maximum absolute atomic E-state index is 10.2. The zero-order valence-electron chi connectivity index (χ0n) is 6.70. The predicted molar refractivity (Wildman–Crippen MR) is 40.4 cm³/mol. The largest absolute Gasteiger partial charge is 0.361 e. The highest BCUT2D eigenvalue weighted by atomic mass is 16.5. The molecule has 3 heteroatoms. The summed E-state index contributed by atoms with van der Waals surface area (Å²) >= 11 is 0. The number of rotatable bonds is 3. The maximum Gasteiger partial charge on any atom is 0.171 e. The molecule has 0 spiro atoms. The predicted octanol–water partition coefficient (Wildman–Crippen LogP) is 1.69. The van der Waals surface area contributed by atoms with Gasteiger partial charge in [-0.15, -0.1) is 0 Å². The molecule has 0 fully saturated rings. The van der Waals surface area contributed by atoms with E-state index in [9.17, 15) is 4.79 Å². The van der Waals surface area contributed by atoms with Gasteiger partial charge in [-0.3, -0.25) is 4.79 Å². The normalized spacial score (nSPS) is 10.5. The van der Waals surface area contributed by atoms with E-state index in [0.717, 1.165) is 12.2 Å². The number of aldehydes is 1. The van der Waals surface area contributed by atoms with Gasteiger partial charge in [0.2, 0.25) is 0 Å². The summed E-state index contributed by atoms with van der Waals surface area (Å²) in [5, 5.41) is 3.54. The minimum absolute atomic E-state index is 0.376. The minimum atomic E-state index is 0.376. The summed E-state index contributed by atoms with van der Waals surface area (Å²) in [7, 11) is 0. The molecule has 0 aromatic carbocycles. The van der Waals surface area contributed by atoms with Crippen LogP contribution in [0, 0.1) is 5.92 Å². The van der Waals surface area contributed by atoms with Crippen molar-refractivity contribution in [1.82, 2.24) is 5.16 Å². The fourth-order valence-electron chi connectivity index (χ4n) is 0.883. The molecule has 0 aliphatic carbocycles.